The second-order valence-corrected chi connectivity index (χ2v) is 5.04. The molecule has 0 bridgehead atoms. The van der Waals surface area contributed by atoms with Gasteiger partial charge in [0.1, 0.15) is 11.9 Å². The predicted molar refractivity (Wildman–Crippen MR) is 73.9 cm³/mol. The molecule has 0 aliphatic heterocycles. The molecule has 2 amide bonds. The molecular formula is C13H17FN2O2S. The number of rotatable bonds is 4. The third-order valence-corrected chi connectivity index (χ3v) is 2.64. The Morgan fingerprint density at radius 2 is 1.84 bits per heavy atom. The molecule has 0 saturated carbocycles. The first-order chi connectivity index (χ1) is 8.81. The van der Waals surface area contributed by atoms with Crippen molar-refractivity contribution in [3.8, 4) is 0 Å². The Kier molecular flexibility index (Phi) is 5.35. The number of thiol groups is 1. The van der Waals surface area contributed by atoms with Gasteiger partial charge in [-0.25, -0.2) is 4.39 Å². The molecule has 6 heteroatoms. The van der Waals surface area contributed by atoms with Crippen LogP contribution in [-0.4, -0.2) is 23.9 Å². The molecule has 0 spiro atoms. The Morgan fingerprint density at radius 3 is 2.42 bits per heavy atom. The average Bonchev–Trinajstić information content (AvgIpc) is 2.31. The molecule has 0 saturated heterocycles. The zero-order valence-electron chi connectivity index (χ0n) is 11.0. The van der Waals surface area contributed by atoms with E-state index < -0.39 is 17.8 Å². The normalized spacial score (nSPS) is 12.1. The molecule has 0 aromatic heterocycles. The lowest BCUT2D eigenvalue weighted by atomic mass is 10.2. The largest absolute Gasteiger partial charge is 0.352 e. The lowest BCUT2D eigenvalue weighted by molar-refractivity contribution is -0.123. The summed E-state index contributed by atoms with van der Waals surface area (Å²) in [6.07, 6.45) is 0. The standard InChI is InChI=1S/C13H17FN2O2S/c1-7(2)15-12(17)8(3)16-13(18)10-6-9(19)4-5-11(10)14/h4-8,19H,1-3H3,(H,15,17)(H,16,18). The maximum Gasteiger partial charge on any atom is 0.254 e. The van der Waals surface area contributed by atoms with Crippen LogP contribution in [0, 0.1) is 5.82 Å². The Morgan fingerprint density at radius 1 is 1.21 bits per heavy atom. The van der Waals surface area contributed by atoms with Crippen molar-refractivity contribution in [1.29, 1.82) is 0 Å². The van der Waals surface area contributed by atoms with Crippen molar-refractivity contribution in [2.45, 2.75) is 37.8 Å². The maximum absolute atomic E-state index is 13.5. The first kappa shape index (κ1) is 15.5. The quantitative estimate of drug-likeness (QED) is 0.738. The van der Waals surface area contributed by atoms with Crippen molar-refractivity contribution in [3.05, 3.63) is 29.6 Å². The molecule has 19 heavy (non-hydrogen) atoms. The molecule has 0 aliphatic rings. The first-order valence-electron chi connectivity index (χ1n) is 5.91. The van der Waals surface area contributed by atoms with Gasteiger partial charge >= 0.3 is 0 Å². The Hall–Kier alpha value is -1.56. The highest BCUT2D eigenvalue weighted by Gasteiger charge is 2.19. The Labute approximate surface area is 117 Å². The van der Waals surface area contributed by atoms with E-state index in [4.69, 9.17) is 0 Å². The molecule has 4 nitrogen and oxygen atoms in total. The van der Waals surface area contributed by atoms with Crippen LogP contribution in [0.1, 0.15) is 31.1 Å². The van der Waals surface area contributed by atoms with Gasteiger partial charge in [0.05, 0.1) is 5.56 Å². The van der Waals surface area contributed by atoms with Gasteiger partial charge in [-0.2, -0.15) is 0 Å². The third kappa shape index (κ3) is 4.55. The van der Waals surface area contributed by atoms with Gasteiger partial charge < -0.3 is 10.6 Å². The zero-order chi connectivity index (χ0) is 14.6. The molecule has 0 heterocycles. The van der Waals surface area contributed by atoms with E-state index in [2.05, 4.69) is 23.3 Å². The lowest BCUT2D eigenvalue weighted by Gasteiger charge is -2.16. The fourth-order valence-electron chi connectivity index (χ4n) is 1.44. The number of carbonyl (C=O) groups excluding carboxylic acids is 2. The number of hydrogen-bond acceptors (Lipinski definition) is 3. The minimum Gasteiger partial charge on any atom is -0.352 e. The summed E-state index contributed by atoms with van der Waals surface area (Å²) < 4.78 is 13.5. The molecular weight excluding hydrogens is 267 g/mol. The fraction of sp³-hybridized carbons (Fsp3) is 0.385. The van der Waals surface area contributed by atoms with Gasteiger partial charge in [0.2, 0.25) is 5.91 Å². The molecule has 1 aromatic carbocycles. The smallest absolute Gasteiger partial charge is 0.254 e. The van der Waals surface area contributed by atoms with E-state index >= 15 is 0 Å². The van der Waals surface area contributed by atoms with E-state index in [1.807, 2.05) is 13.8 Å². The predicted octanol–water partition coefficient (Wildman–Crippen LogP) is 1.76. The van der Waals surface area contributed by atoms with Crippen LogP contribution in [-0.2, 0) is 4.79 Å². The third-order valence-electron chi connectivity index (χ3n) is 2.37. The molecule has 104 valence electrons. The van der Waals surface area contributed by atoms with Crippen molar-refractivity contribution >= 4 is 24.4 Å². The van der Waals surface area contributed by atoms with Crippen molar-refractivity contribution in [2.24, 2.45) is 0 Å². The number of carbonyl (C=O) groups is 2. The fourth-order valence-corrected chi connectivity index (χ4v) is 1.64. The van der Waals surface area contributed by atoms with Crippen LogP contribution in [0.2, 0.25) is 0 Å². The van der Waals surface area contributed by atoms with E-state index in [-0.39, 0.29) is 17.5 Å². The average molecular weight is 284 g/mol. The van der Waals surface area contributed by atoms with Crippen LogP contribution in [0.4, 0.5) is 4.39 Å². The number of halogens is 1. The molecule has 0 radical (unpaired) electrons. The van der Waals surface area contributed by atoms with Crippen molar-refractivity contribution < 1.29 is 14.0 Å². The molecule has 1 aromatic rings. The highest BCUT2D eigenvalue weighted by Crippen LogP contribution is 2.13. The Balaban J connectivity index is 2.74. The summed E-state index contributed by atoms with van der Waals surface area (Å²) >= 11 is 4.05. The van der Waals surface area contributed by atoms with Crippen LogP contribution >= 0.6 is 12.6 Å². The van der Waals surface area contributed by atoms with E-state index in [9.17, 15) is 14.0 Å². The van der Waals surface area contributed by atoms with Crippen molar-refractivity contribution in [3.63, 3.8) is 0 Å². The lowest BCUT2D eigenvalue weighted by Crippen LogP contribution is -2.46. The van der Waals surface area contributed by atoms with E-state index in [0.29, 0.717) is 4.90 Å². The minimum absolute atomic E-state index is 0.0237. The van der Waals surface area contributed by atoms with E-state index in [1.165, 1.54) is 19.1 Å². The van der Waals surface area contributed by atoms with Crippen LogP contribution in [0.15, 0.2) is 23.1 Å². The summed E-state index contributed by atoms with van der Waals surface area (Å²) in [4.78, 5) is 24.0. The summed E-state index contributed by atoms with van der Waals surface area (Å²) in [6, 6.07) is 3.17. The van der Waals surface area contributed by atoms with Crippen molar-refractivity contribution in [1.82, 2.24) is 10.6 Å². The van der Waals surface area contributed by atoms with Gasteiger partial charge in [0.25, 0.3) is 5.91 Å². The summed E-state index contributed by atoms with van der Waals surface area (Å²) in [7, 11) is 0. The molecule has 1 unspecified atom stereocenters. The van der Waals surface area contributed by atoms with E-state index in [1.54, 1.807) is 0 Å². The molecule has 1 atom stereocenters. The van der Waals surface area contributed by atoms with Gasteiger partial charge in [0.15, 0.2) is 0 Å². The minimum atomic E-state index is -0.738. The number of hydrogen-bond donors (Lipinski definition) is 3. The zero-order valence-corrected chi connectivity index (χ0v) is 11.9. The summed E-state index contributed by atoms with van der Waals surface area (Å²) in [5, 5.41) is 5.11. The maximum atomic E-state index is 13.5. The van der Waals surface area contributed by atoms with E-state index in [0.717, 1.165) is 6.07 Å². The van der Waals surface area contributed by atoms with Crippen molar-refractivity contribution in [2.75, 3.05) is 0 Å². The van der Waals surface area contributed by atoms with Crippen LogP contribution in [0.5, 0.6) is 0 Å². The van der Waals surface area contributed by atoms with Gasteiger partial charge in [-0.05, 0) is 39.0 Å². The van der Waals surface area contributed by atoms with Gasteiger partial charge in [-0.1, -0.05) is 0 Å². The second kappa shape index (κ2) is 6.56. The summed E-state index contributed by atoms with van der Waals surface area (Å²) in [6.45, 7) is 5.17. The highest BCUT2D eigenvalue weighted by atomic mass is 32.1. The summed E-state index contributed by atoms with van der Waals surface area (Å²) in [5.74, 6) is -1.60. The number of benzene rings is 1. The molecule has 0 fully saturated rings. The monoisotopic (exact) mass is 284 g/mol. The topological polar surface area (TPSA) is 58.2 Å². The molecule has 0 aliphatic carbocycles. The highest BCUT2D eigenvalue weighted by molar-refractivity contribution is 7.80. The first-order valence-corrected chi connectivity index (χ1v) is 6.35. The molecule has 1 rings (SSSR count). The van der Waals surface area contributed by atoms with Crippen LogP contribution in [0.25, 0.3) is 0 Å². The van der Waals surface area contributed by atoms with Crippen LogP contribution < -0.4 is 10.6 Å². The van der Waals surface area contributed by atoms with Gasteiger partial charge in [0, 0.05) is 10.9 Å². The second-order valence-electron chi connectivity index (χ2n) is 4.52. The molecule has 2 N–H and O–H groups in total. The van der Waals surface area contributed by atoms with Crippen LogP contribution in [0.3, 0.4) is 0 Å². The van der Waals surface area contributed by atoms with Gasteiger partial charge in [-0.15, -0.1) is 12.6 Å². The number of nitrogens with one attached hydrogen (secondary N) is 2. The SMILES string of the molecule is CC(C)NC(=O)C(C)NC(=O)c1cc(S)ccc1F. The van der Waals surface area contributed by atoms with Gasteiger partial charge in [-0.3, -0.25) is 9.59 Å². The summed E-state index contributed by atoms with van der Waals surface area (Å²) in [5.41, 5.74) is -0.128. The Bertz CT molecular complexity index is 492. The number of amides is 2.